The molecule has 0 saturated heterocycles. The number of nitrogens with zero attached hydrogens (tertiary/aromatic N) is 3. The molecule has 2 aromatic heterocycles. The molecule has 0 bridgehead atoms. The average molecular weight is 389 g/mol. The van der Waals surface area contributed by atoms with Crippen LogP contribution in [0, 0.1) is 13.8 Å². The fraction of sp³-hybridized carbons (Fsp3) is 0.316. The van der Waals surface area contributed by atoms with Crippen molar-refractivity contribution in [3.63, 3.8) is 0 Å². The molecular weight excluding hydrogens is 368 g/mol. The molecule has 1 aromatic carbocycles. The van der Waals surface area contributed by atoms with E-state index < -0.39 is 0 Å². The molecule has 8 heteroatoms. The summed E-state index contributed by atoms with van der Waals surface area (Å²) in [6.45, 7) is 5.67. The number of rotatable bonds is 6. The largest absolute Gasteiger partial charge is 0.487 e. The van der Waals surface area contributed by atoms with E-state index >= 15 is 0 Å². The minimum Gasteiger partial charge on any atom is -0.487 e. The van der Waals surface area contributed by atoms with Crippen LogP contribution < -0.4 is 10.1 Å². The van der Waals surface area contributed by atoms with Gasteiger partial charge in [-0.3, -0.25) is 9.48 Å². The fourth-order valence-electron chi connectivity index (χ4n) is 2.84. The van der Waals surface area contributed by atoms with Gasteiger partial charge in [0.15, 0.2) is 5.69 Å². The van der Waals surface area contributed by atoms with Crippen LogP contribution in [-0.2, 0) is 13.7 Å². The molecule has 0 radical (unpaired) electrons. The van der Waals surface area contributed by atoms with Crippen LogP contribution in [0.25, 0.3) is 0 Å². The van der Waals surface area contributed by atoms with Crippen molar-refractivity contribution in [3.05, 3.63) is 63.8 Å². The van der Waals surface area contributed by atoms with Gasteiger partial charge in [0.2, 0.25) is 0 Å². The lowest BCUT2D eigenvalue weighted by molar-refractivity contribution is 0.0928. The smallest absolute Gasteiger partial charge is 0.274 e. The number of ether oxygens (including phenoxy) is 1. The number of halogens is 1. The van der Waals surface area contributed by atoms with Crippen molar-refractivity contribution in [2.75, 3.05) is 0 Å². The van der Waals surface area contributed by atoms with Crippen LogP contribution in [0.1, 0.15) is 46.0 Å². The molecule has 142 valence electrons. The number of aromatic nitrogens is 3. The van der Waals surface area contributed by atoms with Crippen LogP contribution in [-0.4, -0.2) is 20.8 Å². The fourth-order valence-corrected chi connectivity index (χ4v) is 3.03. The molecule has 1 N–H and O–H groups in total. The Hall–Kier alpha value is -2.80. The first-order chi connectivity index (χ1) is 12.9. The maximum atomic E-state index is 12.7. The highest BCUT2D eigenvalue weighted by Gasteiger charge is 2.23. The molecule has 3 rings (SSSR count). The van der Waals surface area contributed by atoms with Gasteiger partial charge in [0, 0.05) is 18.8 Å². The molecule has 0 aliphatic rings. The molecule has 1 unspecified atom stereocenters. The number of amides is 1. The second kappa shape index (κ2) is 7.84. The maximum absolute atomic E-state index is 12.7. The molecule has 7 nitrogen and oxygen atoms in total. The molecule has 0 aliphatic heterocycles. The highest BCUT2D eigenvalue weighted by Crippen LogP contribution is 2.25. The molecule has 0 fully saturated rings. The Labute approximate surface area is 162 Å². The summed E-state index contributed by atoms with van der Waals surface area (Å²) < 4.78 is 12.7. The summed E-state index contributed by atoms with van der Waals surface area (Å²) in [6.07, 6.45) is 1.88. The van der Waals surface area contributed by atoms with Crippen molar-refractivity contribution in [1.29, 1.82) is 0 Å². The van der Waals surface area contributed by atoms with E-state index in [1.807, 2.05) is 39.2 Å². The Bertz CT molecular complexity index is 964. The zero-order valence-corrected chi connectivity index (χ0v) is 16.4. The Kier molecular flexibility index (Phi) is 5.51. The summed E-state index contributed by atoms with van der Waals surface area (Å²) in [5, 5.41) is 11.6. The van der Waals surface area contributed by atoms with Gasteiger partial charge in [-0.25, -0.2) is 0 Å². The minimum absolute atomic E-state index is 0.127. The van der Waals surface area contributed by atoms with Gasteiger partial charge in [-0.2, -0.15) is 5.10 Å². The van der Waals surface area contributed by atoms with Gasteiger partial charge < -0.3 is 14.6 Å². The summed E-state index contributed by atoms with van der Waals surface area (Å²) in [5.41, 5.74) is 2.60. The lowest BCUT2D eigenvalue weighted by atomic mass is 10.1. The van der Waals surface area contributed by atoms with Gasteiger partial charge in [0.1, 0.15) is 18.1 Å². The van der Waals surface area contributed by atoms with Crippen LogP contribution >= 0.6 is 11.6 Å². The molecule has 0 spiro atoms. The molecule has 0 aliphatic carbocycles. The Balaban J connectivity index is 1.74. The van der Waals surface area contributed by atoms with Crippen molar-refractivity contribution in [1.82, 2.24) is 20.3 Å². The standard InChI is InChI=1S/C19H21ClN4O3/c1-11(14-9-24(4)22-12(14)2)21-19(25)18-15(13(3)27-23-18)10-26-17-8-6-5-7-16(17)20/h5-9,11H,10H2,1-4H3,(H,21,25). The Morgan fingerprint density at radius 1 is 1.37 bits per heavy atom. The molecule has 1 atom stereocenters. The third kappa shape index (κ3) is 4.14. The molecule has 1 amide bonds. The lowest BCUT2D eigenvalue weighted by Gasteiger charge is -2.13. The van der Waals surface area contributed by atoms with E-state index in [2.05, 4.69) is 15.6 Å². The normalized spacial score (nSPS) is 12.0. The number of hydrogen-bond donors (Lipinski definition) is 1. The summed E-state index contributed by atoms with van der Waals surface area (Å²) >= 11 is 6.11. The van der Waals surface area contributed by atoms with Crippen LogP contribution in [0.15, 0.2) is 35.0 Å². The topological polar surface area (TPSA) is 82.2 Å². The summed E-state index contributed by atoms with van der Waals surface area (Å²) in [7, 11) is 1.84. The summed E-state index contributed by atoms with van der Waals surface area (Å²) in [5.74, 6) is 0.725. The van der Waals surface area contributed by atoms with Gasteiger partial charge in [-0.05, 0) is 32.9 Å². The Morgan fingerprint density at radius 3 is 2.78 bits per heavy atom. The number of aryl methyl sites for hydroxylation is 3. The quantitative estimate of drug-likeness (QED) is 0.695. The van der Waals surface area contributed by atoms with Crippen LogP contribution in [0.5, 0.6) is 5.75 Å². The van der Waals surface area contributed by atoms with Crippen LogP contribution in [0.4, 0.5) is 0 Å². The second-order valence-corrected chi connectivity index (χ2v) is 6.73. The summed E-state index contributed by atoms with van der Waals surface area (Å²) in [4.78, 5) is 12.7. The van der Waals surface area contributed by atoms with Crippen molar-refractivity contribution in [2.45, 2.75) is 33.4 Å². The second-order valence-electron chi connectivity index (χ2n) is 6.32. The van der Waals surface area contributed by atoms with Gasteiger partial charge >= 0.3 is 0 Å². The first-order valence-electron chi connectivity index (χ1n) is 8.50. The van der Waals surface area contributed by atoms with E-state index in [-0.39, 0.29) is 24.2 Å². The zero-order valence-electron chi connectivity index (χ0n) is 15.6. The third-order valence-corrected chi connectivity index (χ3v) is 4.59. The zero-order chi connectivity index (χ0) is 19.6. The van der Waals surface area contributed by atoms with Crippen molar-refractivity contribution >= 4 is 17.5 Å². The number of carbonyl (C=O) groups is 1. The number of para-hydroxylation sites is 1. The molecular formula is C19H21ClN4O3. The van der Waals surface area contributed by atoms with Crippen molar-refractivity contribution < 1.29 is 14.1 Å². The van der Waals surface area contributed by atoms with E-state index in [0.717, 1.165) is 11.3 Å². The minimum atomic E-state index is -0.333. The van der Waals surface area contributed by atoms with E-state index in [1.54, 1.807) is 23.7 Å². The highest BCUT2D eigenvalue weighted by atomic mass is 35.5. The summed E-state index contributed by atoms with van der Waals surface area (Å²) in [6, 6.07) is 6.93. The molecule has 2 heterocycles. The molecule has 3 aromatic rings. The highest BCUT2D eigenvalue weighted by molar-refractivity contribution is 6.32. The number of nitrogens with one attached hydrogen (secondary N) is 1. The monoisotopic (exact) mass is 388 g/mol. The van der Waals surface area contributed by atoms with Crippen LogP contribution in [0.3, 0.4) is 0 Å². The molecule has 27 heavy (non-hydrogen) atoms. The van der Waals surface area contributed by atoms with E-state index in [9.17, 15) is 4.79 Å². The van der Waals surface area contributed by atoms with Crippen molar-refractivity contribution in [3.8, 4) is 5.75 Å². The predicted octanol–water partition coefficient (Wildman–Crippen LogP) is 3.75. The van der Waals surface area contributed by atoms with Crippen LogP contribution in [0.2, 0.25) is 5.02 Å². The first kappa shape index (κ1) is 19.0. The lowest BCUT2D eigenvalue weighted by Crippen LogP contribution is -2.28. The van der Waals surface area contributed by atoms with Gasteiger partial charge in [-0.15, -0.1) is 0 Å². The average Bonchev–Trinajstić information content (AvgIpc) is 3.16. The molecule has 0 saturated carbocycles. The third-order valence-electron chi connectivity index (χ3n) is 4.27. The van der Waals surface area contributed by atoms with Crippen molar-refractivity contribution in [2.24, 2.45) is 7.05 Å². The number of hydrogen-bond acceptors (Lipinski definition) is 5. The predicted molar refractivity (Wildman–Crippen MR) is 101 cm³/mol. The first-order valence-corrected chi connectivity index (χ1v) is 8.88. The van der Waals surface area contributed by atoms with Gasteiger partial charge in [-0.1, -0.05) is 28.9 Å². The van der Waals surface area contributed by atoms with Gasteiger partial charge in [0.05, 0.1) is 22.3 Å². The van der Waals surface area contributed by atoms with E-state index in [1.165, 1.54) is 0 Å². The van der Waals surface area contributed by atoms with E-state index in [4.69, 9.17) is 20.9 Å². The Morgan fingerprint density at radius 2 is 2.11 bits per heavy atom. The van der Waals surface area contributed by atoms with E-state index in [0.29, 0.717) is 22.1 Å². The maximum Gasteiger partial charge on any atom is 0.274 e. The van der Waals surface area contributed by atoms with Gasteiger partial charge in [0.25, 0.3) is 5.91 Å². The number of carbonyl (C=O) groups excluding carboxylic acids is 1. The SMILES string of the molecule is Cc1nn(C)cc1C(C)NC(=O)c1noc(C)c1COc1ccccc1Cl. The number of benzene rings is 1.